The van der Waals surface area contributed by atoms with Crippen LogP contribution in [0.15, 0.2) is 16.8 Å². The van der Waals surface area contributed by atoms with Crippen molar-refractivity contribution >= 4 is 22.9 Å². The third-order valence-corrected chi connectivity index (χ3v) is 2.25. The predicted octanol–water partition coefficient (Wildman–Crippen LogP) is 1.42. The van der Waals surface area contributed by atoms with Gasteiger partial charge in [0.15, 0.2) is 0 Å². The Morgan fingerprint density at radius 3 is 3.08 bits per heavy atom. The third kappa shape index (κ3) is 2.32. The van der Waals surface area contributed by atoms with Gasteiger partial charge in [-0.25, -0.2) is 0 Å². The lowest BCUT2D eigenvalue weighted by Crippen LogP contribution is -2.34. The minimum absolute atomic E-state index is 0.115. The molecule has 0 aliphatic rings. The van der Waals surface area contributed by atoms with Crippen LogP contribution < -0.4 is 11.1 Å². The van der Waals surface area contributed by atoms with Crippen molar-refractivity contribution in [3.63, 3.8) is 0 Å². The molecule has 12 heavy (non-hydrogen) atoms. The van der Waals surface area contributed by atoms with Gasteiger partial charge in [-0.05, 0) is 17.9 Å². The molecule has 0 saturated heterocycles. The summed E-state index contributed by atoms with van der Waals surface area (Å²) < 4.78 is 0. The van der Waals surface area contributed by atoms with Crippen LogP contribution in [0.1, 0.15) is 13.3 Å². The summed E-state index contributed by atoms with van der Waals surface area (Å²) in [6.45, 7) is 1.89. The minimum atomic E-state index is -0.398. The molecule has 1 aromatic heterocycles. The van der Waals surface area contributed by atoms with E-state index in [4.69, 9.17) is 5.73 Å². The highest BCUT2D eigenvalue weighted by Gasteiger charge is 2.10. The van der Waals surface area contributed by atoms with E-state index in [1.54, 1.807) is 11.3 Å². The first-order chi connectivity index (χ1) is 5.74. The molecule has 1 unspecified atom stereocenters. The van der Waals surface area contributed by atoms with E-state index in [1.807, 2.05) is 23.8 Å². The molecule has 4 heteroatoms. The summed E-state index contributed by atoms with van der Waals surface area (Å²) in [5.41, 5.74) is 6.35. The quantitative estimate of drug-likeness (QED) is 0.746. The Kier molecular flexibility index (Phi) is 3.25. The van der Waals surface area contributed by atoms with Crippen LogP contribution in [0.4, 0.5) is 5.69 Å². The number of nitrogens with two attached hydrogens (primary N) is 1. The number of thiophene rings is 1. The summed E-state index contributed by atoms with van der Waals surface area (Å²) >= 11 is 1.55. The Bertz CT molecular complexity index is 246. The van der Waals surface area contributed by atoms with Crippen molar-refractivity contribution in [3.05, 3.63) is 16.8 Å². The zero-order chi connectivity index (χ0) is 8.97. The Hall–Kier alpha value is -0.870. The van der Waals surface area contributed by atoms with Gasteiger partial charge in [0.05, 0.1) is 11.7 Å². The van der Waals surface area contributed by atoms with E-state index in [2.05, 4.69) is 5.32 Å². The van der Waals surface area contributed by atoms with Crippen LogP contribution in [0.3, 0.4) is 0 Å². The van der Waals surface area contributed by atoms with Crippen LogP contribution in [-0.2, 0) is 4.79 Å². The molecule has 0 spiro atoms. The molecule has 0 aliphatic carbocycles. The van der Waals surface area contributed by atoms with Gasteiger partial charge >= 0.3 is 0 Å². The zero-order valence-corrected chi connectivity index (χ0v) is 7.73. The van der Waals surface area contributed by atoms with Gasteiger partial charge in [-0.15, -0.1) is 0 Å². The molecule has 0 radical (unpaired) electrons. The fraction of sp³-hybridized carbons (Fsp3) is 0.375. The molecular weight excluding hydrogens is 172 g/mol. The third-order valence-electron chi connectivity index (χ3n) is 1.57. The van der Waals surface area contributed by atoms with Crippen molar-refractivity contribution in [1.82, 2.24) is 0 Å². The standard InChI is InChI=1S/C8H12N2OS/c1-2-7(9)8(11)10-6-3-4-12-5-6/h3-5,7H,2,9H2,1H3,(H,10,11). The van der Waals surface area contributed by atoms with Crippen molar-refractivity contribution in [2.24, 2.45) is 5.73 Å². The van der Waals surface area contributed by atoms with E-state index < -0.39 is 6.04 Å². The maximum absolute atomic E-state index is 11.2. The first-order valence-electron chi connectivity index (χ1n) is 3.82. The Balaban J connectivity index is 2.47. The monoisotopic (exact) mass is 184 g/mol. The van der Waals surface area contributed by atoms with Crippen LogP contribution in [0, 0.1) is 0 Å². The summed E-state index contributed by atoms with van der Waals surface area (Å²) in [7, 11) is 0. The molecule has 1 atom stereocenters. The van der Waals surface area contributed by atoms with Crippen molar-refractivity contribution in [1.29, 1.82) is 0 Å². The second-order valence-electron chi connectivity index (χ2n) is 2.52. The summed E-state index contributed by atoms with van der Waals surface area (Å²) in [4.78, 5) is 11.2. The second-order valence-corrected chi connectivity index (χ2v) is 3.30. The Morgan fingerprint density at radius 2 is 2.58 bits per heavy atom. The van der Waals surface area contributed by atoms with Gasteiger partial charge in [0.25, 0.3) is 0 Å². The molecule has 1 rings (SSSR count). The van der Waals surface area contributed by atoms with Crippen molar-refractivity contribution in [3.8, 4) is 0 Å². The molecular formula is C8H12N2OS. The number of anilines is 1. The van der Waals surface area contributed by atoms with E-state index in [-0.39, 0.29) is 5.91 Å². The highest BCUT2D eigenvalue weighted by atomic mass is 32.1. The molecule has 0 aliphatic heterocycles. The van der Waals surface area contributed by atoms with Crippen LogP contribution >= 0.6 is 11.3 Å². The number of carbonyl (C=O) groups excluding carboxylic acids is 1. The molecule has 0 bridgehead atoms. The van der Waals surface area contributed by atoms with Gasteiger partial charge in [0.1, 0.15) is 0 Å². The zero-order valence-electron chi connectivity index (χ0n) is 6.91. The van der Waals surface area contributed by atoms with Crippen molar-refractivity contribution in [2.75, 3.05) is 5.32 Å². The van der Waals surface area contributed by atoms with Crippen LogP contribution in [0.5, 0.6) is 0 Å². The van der Waals surface area contributed by atoms with Gasteiger partial charge in [0.2, 0.25) is 5.91 Å². The van der Waals surface area contributed by atoms with Crippen LogP contribution in [0.2, 0.25) is 0 Å². The second kappa shape index (κ2) is 4.23. The average Bonchev–Trinajstić information content (AvgIpc) is 2.55. The summed E-state index contributed by atoms with van der Waals surface area (Å²) in [6.07, 6.45) is 0.663. The molecule has 3 N–H and O–H groups in total. The molecule has 0 aromatic carbocycles. The van der Waals surface area contributed by atoms with Gasteiger partial charge in [-0.3, -0.25) is 4.79 Å². The minimum Gasteiger partial charge on any atom is -0.324 e. The lowest BCUT2D eigenvalue weighted by molar-refractivity contribution is -0.117. The highest BCUT2D eigenvalue weighted by Crippen LogP contribution is 2.11. The number of nitrogens with one attached hydrogen (secondary N) is 1. The molecule has 66 valence electrons. The molecule has 1 heterocycles. The van der Waals surface area contributed by atoms with Crippen molar-refractivity contribution in [2.45, 2.75) is 19.4 Å². The molecule has 0 fully saturated rings. The molecule has 3 nitrogen and oxygen atoms in total. The molecule has 1 amide bonds. The number of carbonyl (C=O) groups is 1. The predicted molar refractivity (Wildman–Crippen MR) is 51.2 cm³/mol. The number of amides is 1. The smallest absolute Gasteiger partial charge is 0.241 e. The fourth-order valence-electron chi connectivity index (χ4n) is 0.756. The number of rotatable bonds is 3. The maximum Gasteiger partial charge on any atom is 0.241 e. The van der Waals surface area contributed by atoms with E-state index in [1.165, 1.54) is 0 Å². The normalized spacial score (nSPS) is 12.5. The summed E-state index contributed by atoms with van der Waals surface area (Å²) in [6, 6.07) is 1.45. The summed E-state index contributed by atoms with van der Waals surface area (Å²) in [5.74, 6) is -0.115. The molecule has 0 saturated carbocycles. The van der Waals surface area contributed by atoms with Crippen molar-refractivity contribution < 1.29 is 4.79 Å². The first kappa shape index (κ1) is 9.22. The fourth-order valence-corrected chi connectivity index (χ4v) is 1.34. The van der Waals surface area contributed by atoms with E-state index in [0.717, 1.165) is 5.69 Å². The first-order valence-corrected chi connectivity index (χ1v) is 4.77. The molecule has 1 aromatic rings. The van der Waals surface area contributed by atoms with Gasteiger partial charge in [0, 0.05) is 5.38 Å². The summed E-state index contributed by atoms with van der Waals surface area (Å²) in [5, 5.41) is 6.50. The van der Waals surface area contributed by atoms with E-state index in [0.29, 0.717) is 6.42 Å². The SMILES string of the molecule is CCC(N)C(=O)Nc1ccsc1. The topological polar surface area (TPSA) is 55.1 Å². The van der Waals surface area contributed by atoms with Gasteiger partial charge in [-0.2, -0.15) is 11.3 Å². The number of hydrogen-bond acceptors (Lipinski definition) is 3. The Labute approximate surface area is 75.6 Å². The largest absolute Gasteiger partial charge is 0.324 e. The number of hydrogen-bond donors (Lipinski definition) is 2. The van der Waals surface area contributed by atoms with E-state index in [9.17, 15) is 4.79 Å². The van der Waals surface area contributed by atoms with Gasteiger partial charge < -0.3 is 11.1 Å². The van der Waals surface area contributed by atoms with Crippen LogP contribution in [-0.4, -0.2) is 11.9 Å². The lowest BCUT2D eigenvalue weighted by Gasteiger charge is -2.07. The van der Waals surface area contributed by atoms with Gasteiger partial charge in [-0.1, -0.05) is 6.92 Å². The maximum atomic E-state index is 11.2. The highest BCUT2D eigenvalue weighted by molar-refractivity contribution is 7.08. The average molecular weight is 184 g/mol. The Morgan fingerprint density at radius 1 is 1.83 bits per heavy atom. The van der Waals surface area contributed by atoms with E-state index >= 15 is 0 Å². The lowest BCUT2D eigenvalue weighted by atomic mass is 10.2. The van der Waals surface area contributed by atoms with Crippen LogP contribution in [0.25, 0.3) is 0 Å².